The highest BCUT2D eigenvalue weighted by molar-refractivity contribution is 5.96. The normalized spacial score (nSPS) is 29.2. The molecule has 8 nitrogen and oxygen atoms in total. The number of nitrogens with zero attached hydrogens (tertiary/aromatic N) is 3. The van der Waals surface area contributed by atoms with Crippen molar-refractivity contribution in [3.8, 4) is 5.88 Å². The highest BCUT2D eigenvalue weighted by atomic mass is 19.4. The molecule has 4 bridgehead atoms. The van der Waals surface area contributed by atoms with Gasteiger partial charge in [-0.15, -0.1) is 0 Å². The van der Waals surface area contributed by atoms with Crippen molar-refractivity contribution in [3.05, 3.63) is 11.8 Å². The maximum atomic E-state index is 13.2. The average Bonchev–Trinajstić information content (AvgIpc) is 3.44. The van der Waals surface area contributed by atoms with Gasteiger partial charge in [-0.1, -0.05) is 0 Å². The molecule has 5 unspecified atom stereocenters. The number of hydrogen-bond acceptors (Lipinski definition) is 5. The molecule has 4 aliphatic carbocycles. The summed E-state index contributed by atoms with van der Waals surface area (Å²) in [5.74, 6) is 2.13. The minimum absolute atomic E-state index is 0.0628. The molecule has 6 rings (SSSR count). The van der Waals surface area contributed by atoms with Crippen LogP contribution in [0, 0.1) is 29.6 Å². The Kier molecular flexibility index (Phi) is 7.33. The quantitative estimate of drug-likeness (QED) is 0.534. The van der Waals surface area contributed by atoms with E-state index in [9.17, 15) is 22.8 Å². The van der Waals surface area contributed by atoms with Crippen LogP contribution < -0.4 is 10.1 Å². The lowest BCUT2D eigenvalue weighted by Gasteiger charge is -2.32. The van der Waals surface area contributed by atoms with Crippen molar-refractivity contribution in [2.75, 3.05) is 19.7 Å². The maximum Gasteiger partial charge on any atom is 0.422 e. The minimum atomic E-state index is -4.52. The summed E-state index contributed by atoms with van der Waals surface area (Å²) in [4.78, 5) is 27.0. The maximum absolute atomic E-state index is 13.2. The zero-order valence-corrected chi connectivity index (χ0v) is 21.5. The number of aryl methyl sites for hydroxylation is 1. The number of hydrogen-bond donors (Lipinski definition) is 1. The number of halogens is 3. The second kappa shape index (κ2) is 10.4. The summed E-state index contributed by atoms with van der Waals surface area (Å²) in [6, 6.07) is 0.0858. The number of alkyl halides is 3. The van der Waals surface area contributed by atoms with E-state index in [1.165, 1.54) is 17.3 Å². The van der Waals surface area contributed by atoms with E-state index in [1.54, 1.807) is 4.90 Å². The van der Waals surface area contributed by atoms with Crippen LogP contribution in [0.25, 0.3) is 0 Å². The minimum Gasteiger partial charge on any atom is -0.468 e. The molecule has 1 N–H and O–H groups in total. The van der Waals surface area contributed by atoms with Crippen molar-refractivity contribution in [3.63, 3.8) is 0 Å². The lowest BCUT2D eigenvalue weighted by atomic mass is 9.79. The molecule has 206 valence electrons. The van der Waals surface area contributed by atoms with Crippen molar-refractivity contribution >= 4 is 12.0 Å². The molecule has 5 fully saturated rings. The number of carbonyl (C=O) groups is 2. The molecular formula is C26H37F3N4O4. The highest BCUT2D eigenvalue weighted by Gasteiger charge is 2.54. The van der Waals surface area contributed by atoms with E-state index < -0.39 is 18.7 Å². The fraction of sp³-hybridized carbons (Fsp3) is 0.808. The Morgan fingerprint density at radius 1 is 1.14 bits per heavy atom. The largest absolute Gasteiger partial charge is 0.468 e. The van der Waals surface area contributed by atoms with Gasteiger partial charge in [-0.2, -0.15) is 18.3 Å². The topological polar surface area (TPSA) is 85.7 Å². The van der Waals surface area contributed by atoms with E-state index in [2.05, 4.69) is 10.4 Å². The van der Waals surface area contributed by atoms with E-state index in [4.69, 9.17) is 9.47 Å². The van der Waals surface area contributed by atoms with Crippen LogP contribution in [0.4, 0.5) is 18.0 Å². The zero-order chi connectivity index (χ0) is 26.3. The standard InChI is InChI=1S/C26H37F3N4O4/c1-15(2)37-25(35)32-6-3-16(4-7-32)5-8-33-24(36-14-26(27,28)29)21(13-30-33)23(34)31-22-19-10-17-9-18(12-19)20(22)11-17/h13,15-20,22H,3-12,14H2,1-2H3,(H,31,34). The fourth-order valence-electron chi connectivity index (χ4n) is 7.17. The number of rotatable bonds is 8. The Balaban J connectivity index is 1.21. The summed E-state index contributed by atoms with van der Waals surface area (Å²) in [5.41, 5.74) is 0.0628. The number of aromatic nitrogens is 2. The van der Waals surface area contributed by atoms with Crippen molar-refractivity contribution < 1.29 is 32.2 Å². The molecule has 1 saturated heterocycles. The van der Waals surface area contributed by atoms with E-state index in [-0.39, 0.29) is 35.6 Å². The van der Waals surface area contributed by atoms with Crippen LogP contribution >= 0.6 is 0 Å². The Morgan fingerprint density at radius 3 is 2.54 bits per heavy atom. The van der Waals surface area contributed by atoms with Gasteiger partial charge < -0.3 is 19.7 Å². The molecule has 2 amide bonds. The second-order valence-electron chi connectivity index (χ2n) is 11.6. The predicted molar refractivity (Wildman–Crippen MR) is 128 cm³/mol. The number of amides is 2. The van der Waals surface area contributed by atoms with Crippen molar-refractivity contribution in [1.82, 2.24) is 20.0 Å². The molecule has 1 aliphatic heterocycles. The third-order valence-electron chi connectivity index (χ3n) is 8.72. The molecule has 1 aromatic heterocycles. The number of nitrogens with one attached hydrogen (secondary N) is 1. The van der Waals surface area contributed by atoms with Gasteiger partial charge in [-0.25, -0.2) is 9.48 Å². The molecule has 2 heterocycles. The summed E-state index contributed by atoms with van der Waals surface area (Å²) in [5, 5.41) is 7.38. The van der Waals surface area contributed by atoms with Gasteiger partial charge in [0.15, 0.2) is 6.61 Å². The van der Waals surface area contributed by atoms with Crippen molar-refractivity contribution in [2.24, 2.45) is 29.6 Å². The summed E-state index contributed by atoms with van der Waals surface area (Å²) >= 11 is 0. The smallest absolute Gasteiger partial charge is 0.422 e. The van der Waals surface area contributed by atoms with Gasteiger partial charge in [0.2, 0.25) is 5.88 Å². The Bertz CT molecular complexity index is 985. The summed E-state index contributed by atoms with van der Waals surface area (Å²) in [6.45, 7) is 3.62. The van der Waals surface area contributed by atoms with Gasteiger partial charge in [0.1, 0.15) is 5.56 Å². The van der Waals surface area contributed by atoms with E-state index in [0.717, 1.165) is 38.0 Å². The molecule has 4 saturated carbocycles. The Morgan fingerprint density at radius 2 is 1.86 bits per heavy atom. The first-order valence-corrected chi connectivity index (χ1v) is 13.6. The lowest BCUT2D eigenvalue weighted by molar-refractivity contribution is -0.154. The second-order valence-corrected chi connectivity index (χ2v) is 11.6. The lowest BCUT2D eigenvalue weighted by Crippen LogP contribution is -2.44. The third kappa shape index (κ3) is 5.85. The van der Waals surface area contributed by atoms with Crippen LogP contribution in [0.3, 0.4) is 0 Å². The zero-order valence-electron chi connectivity index (χ0n) is 21.5. The van der Waals surface area contributed by atoms with Gasteiger partial charge in [0.05, 0.1) is 12.3 Å². The Labute approximate surface area is 215 Å². The van der Waals surface area contributed by atoms with Gasteiger partial charge in [0.25, 0.3) is 5.91 Å². The van der Waals surface area contributed by atoms with E-state index in [0.29, 0.717) is 43.8 Å². The molecule has 11 heteroatoms. The highest BCUT2D eigenvalue weighted by Crippen LogP contribution is 2.58. The number of ether oxygens (including phenoxy) is 2. The first-order chi connectivity index (χ1) is 17.6. The molecule has 0 radical (unpaired) electrons. The summed E-state index contributed by atoms with van der Waals surface area (Å²) < 4.78 is 50.8. The van der Waals surface area contributed by atoms with Crippen LogP contribution in [-0.2, 0) is 11.3 Å². The van der Waals surface area contributed by atoms with E-state index in [1.807, 2.05) is 13.8 Å². The predicted octanol–water partition coefficient (Wildman–Crippen LogP) is 4.64. The first-order valence-electron chi connectivity index (χ1n) is 13.6. The van der Waals surface area contributed by atoms with Gasteiger partial charge in [0, 0.05) is 25.7 Å². The molecule has 37 heavy (non-hydrogen) atoms. The van der Waals surface area contributed by atoms with Crippen LogP contribution in [0.1, 0.15) is 69.2 Å². The molecule has 1 aromatic rings. The van der Waals surface area contributed by atoms with Crippen molar-refractivity contribution in [2.45, 2.75) is 83.7 Å². The van der Waals surface area contributed by atoms with Crippen LogP contribution in [0.2, 0.25) is 0 Å². The molecule has 0 aromatic carbocycles. The number of likely N-dealkylation sites (tertiary alicyclic amines) is 1. The monoisotopic (exact) mass is 526 g/mol. The summed E-state index contributed by atoms with van der Waals surface area (Å²) in [6.07, 6.45) is 3.15. The van der Waals surface area contributed by atoms with Crippen LogP contribution in [0.5, 0.6) is 5.88 Å². The first kappa shape index (κ1) is 26.2. The number of piperidine rings is 1. The van der Waals surface area contributed by atoms with Crippen LogP contribution in [-0.4, -0.2) is 64.7 Å². The fourth-order valence-corrected chi connectivity index (χ4v) is 7.17. The summed E-state index contributed by atoms with van der Waals surface area (Å²) in [7, 11) is 0. The average molecular weight is 527 g/mol. The molecule has 0 spiro atoms. The van der Waals surface area contributed by atoms with Gasteiger partial charge in [-0.05, 0) is 88.4 Å². The molecular weight excluding hydrogens is 489 g/mol. The van der Waals surface area contributed by atoms with Crippen LogP contribution in [0.15, 0.2) is 6.20 Å². The third-order valence-corrected chi connectivity index (χ3v) is 8.72. The SMILES string of the molecule is CC(C)OC(=O)N1CCC(CCn2ncc(C(=O)NC3C4CC5CC(C4)C3C5)c2OCC(F)(F)F)CC1. The molecule has 5 aliphatic rings. The van der Waals surface area contributed by atoms with E-state index >= 15 is 0 Å². The van der Waals surface area contributed by atoms with Gasteiger partial charge >= 0.3 is 12.3 Å². The van der Waals surface area contributed by atoms with Crippen molar-refractivity contribution in [1.29, 1.82) is 0 Å². The Hall–Kier alpha value is -2.46. The van der Waals surface area contributed by atoms with Gasteiger partial charge in [-0.3, -0.25) is 4.79 Å². The molecule has 5 atom stereocenters. The number of carbonyl (C=O) groups excluding carboxylic acids is 2.